The highest BCUT2D eigenvalue weighted by Gasteiger charge is 2.08. The van der Waals surface area contributed by atoms with Crippen LogP contribution in [0.5, 0.6) is 0 Å². The Balaban J connectivity index is 0.00000112. The standard InChI is InChI=1S/C11H7IO2.Al.3H/c12-10-6-8-4-2-1-3-7(8)5-9(10)11(13)14;;;;/h1-6H,(H,13,14);;;;. The van der Waals surface area contributed by atoms with Gasteiger partial charge in [0.15, 0.2) is 17.4 Å². The first-order chi connectivity index (χ1) is 6.68. The van der Waals surface area contributed by atoms with Crippen LogP contribution in [-0.4, -0.2) is 28.4 Å². The Kier molecular flexibility index (Phi) is 4.14. The van der Waals surface area contributed by atoms with Gasteiger partial charge in [0.05, 0.1) is 5.56 Å². The lowest BCUT2D eigenvalue weighted by Gasteiger charge is -2.02. The predicted molar refractivity (Wildman–Crippen MR) is 73.6 cm³/mol. The summed E-state index contributed by atoms with van der Waals surface area (Å²) in [6.07, 6.45) is 0. The normalized spacial score (nSPS) is 9.67. The van der Waals surface area contributed by atoms with Crippen molar-refractivity contribution in [2.45, 2.75) is 0 Å². The van der Waals surface area contributed by atoms with Gasteiger partial charge < -0.3 is 5.11 Å². The molecule has 0 aliphatic heterocycles. The summed E-state index contributed by atoms with van der Waals surface area (Å²) in [6.45, 7) is 0. The Morgan fingerprint density at radius 3 is 2.20 bits per heavy atom. The molecular formula is C11H10AlIO2. The van der Waals surface area contributed by atoms with Crippen molar-refractivity contribution in [3.05, 3.63) is 45.5 Å². The fraction of sp³-hybridized carbons (Fsp3) is 0. The van der Waals surface area contributed by atoms with Crippen LogP contribution in [0.1, 0.15) is 10.4 Å². The number of hydrogen-bond donors (Lipinski definition) is 1. The number of hydrogen-bond acceptors (Lipinski definition) is 1. The maximum atomic E-state index is 10.9. The summed E-state index contributed by atoms with van der Waals surface area (Å²) in [5.41, 5.74) is 0.365. The molecule has 15 heavy (non-hydrogen) atoms. The molecule has 2 aromatic rings. The van der Waals surface area contributed by atoms with Gasteiger partial charge >= 0.3 is 5.97 Å². The zero-order valence-electron chi connectivity index (χ0n) is 7.20. The zero-order valence-corrected chi connectivity index (χ0v) is 9.36. The number of carboxylic acid groups (broad SMARTS) is 1. The van der Waals surface area contributed by atoms with Gasteiger partial charge in [0.25, 0.3) is 0 Å². The molecule has 0 unspecified atom stereocenters. The van der Waals surface area contributed by atoms with Crippen molar-refractivity contribution in [1.82, 2.24) is 0 Å². The highest BCUT2D eigenvalue weighted by atomic mass is 127. The van der Waals surface area contributed by atoms with E-state index in [0.29, 0.717) is 5.56 Å². The Labute approximate surface area is 112 Å². The smallest absolute Gasteiger partial charge is 0.336 e. The van der Waals surface area contributed by atoms with E-state index in [4.69, 9.17) is 5.11 Å². The van der Waals surface area contributed by atoms with E-state index in [1.165, 1.54) is 0 Å². The summed E-state index contributed by atoms with van der Waals surface area (Å²) < 4.78 is 0.772. The highest BCUT2D eigenvalue weighted by Crippen LogP contribution is 2.21. The van der Waals surface area contributed by atoms with Crippen LogP contribution >= 0.6 is 22.6 Å². The van der Waals surface area contributed by atoms with Crippen LogP contribution in [0.15, 0.2) is 36.4 Å². The van der Waals surface area contributed by atoms with Crippen molar-refractivity contribution in [1.29, 1.82) is 0 Å². The van der Waals surface area contributed by atoms with Crippen molar-refractivity contribution in [3.63, 3.8) is 0 Å². The third kappa shape index (κ3) is 2.51. The minimum Gasteiger partial charge on any atom is -0.478 e. The van der Waals surface area contributed by atoms with Crippen LogP contribution in [-0.2, 0) is 0 Å². The van der Waals surface area contributed by atoms with E-state index < -0.39 is 5.97 Å². The van der Waals surface area contributed by atoms with Gasteiger partial charge in [-0.1, -0.05) is 24.3 Å². The van der Waals surface area contributed by atoms with Crippen molar-refractivity contribution < 1.29 is 9.90 Å². The van der Waals surface area contributed by atoms with Crippen LogP contribution < -0.4 is 0 Å². The average molecular weight is 328 g/mol. The zero-order chi connectivity index (χ0) is 10.1. The molecular weight excluding hydrogens is 318 g/mol. The maximum Gasteiger partial charge on any atom is 0.336 e. The molecule has 0 atom stereocenters. The predicted octanol–water partition coefficient (Wildman–Crippen LogP) is 1.96. The number of carbonyl (C=O) groups is 1. The molecule has 76 valence electrons. The lowest BCUT2D eigenvalue weighted by molar-refractivity contribution is 0.0696. The minimum atomic E-state index is -0.875. The van der Waals surface area contributed by atoms with Crippen molar-refractivity contribution in [2.24, 2.45) is 0 Å². The number of aromatic carboxylic acids is 1. The number of fused-ring (bicyclic) bond motifs is 1. The van der Waals surface area contributed by atoms with E-state index in [0.717, 1.165) is 14.3 Å². The molecule has 0 heterocycles. The molecule has 0 radical (unpaired) electrons. The lowest BCUT2D eigenvalue weighted by atomic mass is 10.1. The number of carboxylic acids is 1. The highest BCUT2D eigenvalue weighted by molar-refractivity contribution is 14.1. The molecule has 2 rings (SSSR count). The summed E-state index contributed by atoms with van der Waals surface area (Å²) >= 11 is 2.04. The van der Waals surface area contributed by atoms with Gasteiger partial charge in [-0.25, -0.2) is 4.79 Å². The summed E-state index contributed by atoms with van der Waals surface area (Å²) in [5.74, 6) is -0.875. The molecule has 0 saturated carbocycles. The second-order valence-electron chi connectivity index (χ2n) is 2.98. The van der Waals surface area contributed by atoms with Gasteiger partial charge in [0, 0.05) is 3.57 Å². The van der Waals surface area contributed by atoms with Crippen LogP contribution in [0.3, 0.4) is 0 Å². The molecule has 0 saturated heterocycles. The molecule has 0 spiro atoms. The van der Waals surface area contributed by atoms with Gasteiger partial charge in [-0.05, 0) is 45.5 Å². The van der Waals surface area contributed by atoms with E-state index >= 15 is 0 Å². The van der Waals surface area contributed by atoms with Gasteiger partial charge in [0.2, 0.25) is 0 Å². The van der Waals surface area contributed by atoms with Crippen LogP contribution in [0.25, 0.3) is 10.8 Å². The molecule has 0 aliphatic carbocycles. The number of rotatable bonds is 1. The van der Waals surface area contributed by atoms with Crippen LogP contribution in [0, 0.1) is 3.57 Å². The van der Waals surface area contributed by atoms with Crippen molar-refractivity contribution in [3.8, 4) is 0 Å². The minimum absolute atomic E-state index is 0. The first kappa shape index (κ1) is 12.5. The molecule has 0 amide bonds. The molecule has 2 aromatic carbocycles. The Bertz CT molecular complexity index is 511. The maximum absolute atomic E-state index is 10.9. The van der Waals surface area contributed by atoms with E-state index in [9.17, 15) is 4.79 Å². The summed E-state index contributed by atoms with van der Waals surface area (Å²) in [5, 5.41) is 11.0. The Hall–Kier alpha value is -0.568. The summed E-state index contributed by atoms with van der Waals surface area (Å²) in [4.78, 5) is 10.9. The quantitative estimate of drug-likeness (QED) is 0.642. The van der Waals surface area contributed by atoms with Crippen molar-refractivity contribution >= 4 is 56.7 Å². The lowest BCUT2D eigenvalue weighted by Crippen LogP contribution is -1.99. The molecule has 0 aromatic heterocycles. The molecule has 0 fully saturated rings. The fourth-order valence-electron chi connectivity index (χ4n) is 1.38. The van der Waals surface area contributed by atoms with Gasteiger partial charge in [-0.2, -0.15) is 0 Å². The van der Waals surface area contributed by atoms with Crippen molar-refractivity contribution in [2.75, 3.05) is 0 Å². The second kappa shape index (κ2) is 4.97. The number of benzene rings is 2. The van der Waals surface area contributed by atoms with Gasteiger partial charge in [-0.15, -0.1) is 0 Å². The van der Waals surface area contributed by atoms with Gasteiger partial charge in [0.1, 0.15) is 0 Å². The first-order valence-electron chi connectivity index (χ1n) is 4.10. The summed E-state index contributed by atoms with van der Waals surface area (Å²) in [7, 11) is 0. The molecule has 4 heteroatoms. The largest absolute Gasteiger partial charge is 0.478 e. The monoisotopic (exact) mass is 328 g/mol. The Morgan fingerprint density at radius 1 is 1.13 bits per heavy atom. The second-order valence-corrected chi connectivity index (χ2v) is 4.15. The van der Waals surface area contributed by atoms with Gasteiger partial charge in [-0.3, -0.25) is 0 Å². The average Bonchev–Trinajstić information content (AvgIpc) is 2.16. The third-order valence-electron chi connectivity index (χ3n) is 2.07. The van der Waals surface area contributed by atoms with Crippen LogP contribution in [0.2, 0.25) is 0 Å². The molecule has 0 bridgehead atoms. The fourth-order valence-corrected chi connectivity index (χ4v) is 2.10. The molecule has 1 N–H and O–H groups in total. The van der Waals surface area contributed by atoms with E-state index in [1.54, 1.807) is 6.07 Å². The van der Waals surface area contributed by atoms with E-state index in [-0.39, 0.29) is 17.4 Å². The first-order valence-corrected chi connectivity index (χ1v) is 5.18. The Morgan fingerprint density at radius 2 is 1.67 bits per heavy atom. The third-order valence-corrected chi connectivity index (χ3v) is 2.96. The topological polar surface area (TPSA) is 37.3 Å². The van der Waals surface area contributed by atoms with E-state index in [1.807, 2.05) is 52.9 Å². The van der Waals surface area contributed by atoms with Crippen LogP contribution in [0.4, 0.5) is 0 Å². The molecule has 2 nitrogen and oxygen atoms in total. The SMILES string of the molecule is O=C(O)c1cc2ccccc2cc1I.[AlH3]. The van der Waals surface area contributed by atoms with E-state index in [2.05, 4.69) is 0 Å². The molecule has 0 aliphatic rings. The summed E-state index contributed by atoms with van der Waals surface area (Å²) in [6, 6.07) is 11.3. The number of halogens is 1.